The second-order valence-corrected chi connectivity index (χ2v) is 4.69. The number of aromatic amines is 1. The fourth-order valence-corrected chi connectivity index (χ4v) is 2.11. The molecule has 0 aliphatic heterocycles. The van der Waals surface area contributed by atoms with E-state index in [1.165, 1.54) is 0 Å². The highest BCUT2D eigenvalue weighted by molar-refractivity contribution is 6.30. The van der Waals surface area contributed by atoms with Gasteiger partial charge in [0, 0.05) is 16.8 Å². The van der Waals surface area contributed by atoms with E-state index in [2.05, 4.69) is 15.3 Å². The van der Waals surface area contributed by atoms with Gasteiger partial charge in [0.1, 0.15) is 11.6 Å². The van der Waals surface area contributed by atoms with Crippen LogP contribution in [0.25, 0.3) is 11.0 Å². The van der Waals surface area contributed by atoms with E-state index in [9.17, 15) is 5.11 Å². The van der Waals surface area contributed by atoms with Crippen molar-refractivity contribution in [1.82, 2.24) is 9.97 Å². The van der Waals surface area contributed by atoms with E-state index in [1.807, 2.05) is 24.3 Å². The summed E-state index contributed by atoms with van der Waals surface area (Å²) in [4.78, 5) is 7.58. The first-order valence-electron chi connectivity index (χ1n) is 5.88. The molecule has 0 fully saturated rings. The lowest BCUT2D eigenvalue weighted by Gasteiger charge is -2.04. The summed E-state index contributed by atoms with van der Waals surface area (Å²) in [5.74, 6) is 1.03. The van der Waals surface area contributed by atoms with Gasteiger partial charge in [0.2, 0.25) is 0 Å². The van der Waals surface area contributed by atoms with Crippen molar-refractivity contribution in [3.05, 3.63) is 53.3 Å². The molecule has 2 aromatic carbocycles. The van der Waals surface area contributed by atoms with Crippen LogP contribution in [0.1, 0.15) is 5.82 Å². The van der Waals surface area contributed by atoms with Gasteiger partial charge in [-0.25, -0.2) is 4.98 Å². The van der Waals surface area contributed by atoms with Crippen LogP contribution in [0, 0.1) is 0 Å². The molecule has 1 aromatic heterocycles. The molecule has 0 saturated carbocycles. The van der Waals surface area contributed by atoms with Crippen molar-refractivity contribution in [3.63, 3.8) is 0 Å². The minimum atomic E-state index is 0.227. The Kier molecular flexibility index (Phi) is 3.01. The third kappa shape index (κ3) is 2.63. The van der Waals surface area contributed by atoms with Crippen molar-refractivity contribution < 1.29 is 5.11 Å². The standard InChI is InChI=1S/C14H12ClN3O/c15-9-2-1-3-10(6-9)16-8-14-17-12-5-4-11(19)7-13(12)18-14/h1-7,16,19H,8H2,(H,17,18). The Labute approximate surface area is 115 Å². The number of hydrogen-bond donors (Lipinski definition) is 3. The maximum atomic E-state index is 9.40. The summed E-state index contributed by atoms with van der Waals surface area (Å²) >= 11 is 5.92. The van der Waals surface area contributed by atoms with E-state index in [-0.39, 0.29) is 5.75 Å². The van der Waals surface area contributed by atoms with Crippen LogP contribution in [0.5, 0.6) is 5.75 Å². The molecule has 0 bridgehead atoms. The van der Waals surface area contributed by atoms with E-state index in [0.717, 1.165) is 22.5 Å². The molecule has 0 amide bonds. The monoisotopic (exact) mass is 273 g/mol. The minimum Gasteiger partial charge on any atom is -0.508 e. The summed E-state index contributed by atoms with van der Waals surface area (Å²) in [5, 5.41) is 13.3. The van der Waals surface area contributed by atoms with Gasteiger partial charge in [-0.2, -0.15) is 0 Å². The number of phenols is 1. The molecule has 0 unspecified atom stereocenters. The fourth-order valence-electron chi connectivity index (χ4n) is 1.92. The lowest BCUT2D eigenvalue weighted by atomic mass is 10.3. The van der Waals surface area contributed by atoms with Crippen molar-refractivity contribution in [2.75, 3.05) is 5.32 Å². The molecule has 0 saturated heterocycles. The molecule has 0 aliphatic carbocycles. The number of phenolic OH excluding ortho intramolecular Hbond substituents is 1. The highest BCUT2D eigenvalue weighted by Gasteiger charge is 2.03. The van der Waals surface area contributed by atoms with Crippen LogP contribution in [-0.4, -0.2) is 15.1 Å². The van der Waals surface area contributed by atoms with E-state index < -0.39 is 0 Å². The maximum Gasteiger partial charge on any atom is 0.126 e. The van der Waals surface area contributed by atoms with E-state index >= 15 is 0 Å². The molecule has 5 heteroatoms. The average molecular weight is 274 g/mol. The van der Waals surface area contributed by atoms with Crippen molar-refractivity contribution in [2.24, 2.45) is 0 Å². The molecule has 19 heavy (non-hydrogen) atoms. The van der Waals surface area contributed by atoms with E-state index in [0.29, 0.717) is 11.6 Å². The summed E-state index contributed by atoms with van der Waals surface area (Å²) in [6, 6.07) is 12.6. The van der Waals surface area contributed by atoms with Gasteiger partial charge in [-0.05, 0) is 30.3 Å². The average Bonchev–Trinajstić information content (AvgIpc) is 2.78. The Bertz CT molecular complexity index is 724. The van der Waals surface area contributed by atoms with Gasteiger partial charge >= 0.3 is 0 Å². The Morgan fingerprint density at radius 3 is 2.95 bits per heavy atom. The SMILES string of the molecule is Oc1ccc2nc(CNc3cccc(Cl)c3)[nH]c2c1. The zero-order chi connectivity index (χ0) is 13.2. The number of aromatic hydroxyl groups is 1. The molecular weight excluding hydrogens is 262 g/mol. The van der Waals surface area contributed by atoms with Crippen molar-refractivity contribution in [1.29, 1.82) is 0 Å². The number of rotatable bonds is 3. The first-order chi connectivity index (χ1) is 9.20. The molecular formula is C14H12ClN3O. The number of halogens is 1. The van der Waals surface area contributed by atoms with Gasteiger partial charge in [0.05, 0.1) is 17.6 Å². The van der Waals surface area contributed by atoms with Crippen molar-refractivity contribution in [2.45, 2.75) is 6.54 Å². The van der Waals surface area contributed by atoms with Crippen LogP contribution in [-0.2, 0) is 6.54 Å². The summed E-state index contributed by atoms with van der Waals surface area (Å²) in [7, 11) is 0. The third-order valence-corrected chi connectivity index (χ3v) is 3.03. The number of anilines is 1. The Morgan fingerprint density at radius 1 is 1.21 bits per heavy atom. The van der Waals surface area contributed by atoms with E-state index in [1.54, 1.807) is 18.2 Å². The summed E-state index contributed by atoms with van der Waals surface area (Å²) in [5.41, 5.74) is 2.60. The molecule has 0 radical (unpaired) electrons. The van der Waals surface area contributed by atoms with Crippen LogP contribution < -0.4 is 5.32 Å². The summed E-state index contributed by atoms with van der Waals surface area (Å²) < 4.78 is 0. The van der Waals surface area contributed by atoms with Crippen molar-refractivity contribution in [3.8, 4) is 5.75 Å². The van der Waals surface area contributed by atoms with Gasteiger partial charge in [-0.3, -0.25) is 0 Å². The highest BCUT2D eigenvalue weighted by atomic mass is 35.5. The zero-order valence-corrected chi connectivity index (χ0v) is 10.8. The molecule has 3 aromatic rings. The molecule has 4 nitrogen and oxygen atoms in total. The number of nitrogens with zero attached hydrogens (tertiary/aromatic N) is 1. The molecule has 3 rings (SSSR count). The van der Waals surface area contributed by atoms with Crippen LogP contribution in [0.4, 0.5) is 5.69 Å². The molecule has 1 heterocycles. The predicted molar refractivity (Wildman–Crippen MR) is 76.5 cm³/mol. The number of fused-ring (bicyclic) bond motifs is 1. The Hall–Kier alpha value is -2.20. The van der Waals surface area contributed by atoms with Gasteiger partial charge in [0.25, 0.3) is 0 Å². The minimum absolute atomic E-state index is 0.227. The van der Waals surface area contributed by atoms with Gasteiger partial charge < -0.3 is 15.4 Å². The zero-order valence-electron chi connectivity index (χ0n) is 10.0. The van der Waals surface area contributed by atoms with Crippen LogP contribution in [0.2, 0.25) is 5.02 Å². The molecule has 0 atom stereocenters. The first kappa shape index (κ1) is 11.9. The first-order valence-corrected chi connectivity index (χ1v) is 6.25. The summed E-state index contributed by atoms with van der Waals surface area (Å²) in [6.45, 7) is 0.565. The quantitative estimate of drug-likeness (QED) is 0.684. The molecule has 0 aliphatic rings. The molecule has 0 spiro atoms. The maximum absolute atomic E-state index is 9.40. The van der Waals surface area contributed by atoms with Gasteiger partial charge in [0.15, 0.2) is 0 Å². The fraction of sp³-hybridized carbons (Fsp3) is 0.0714. The Morgan fingerprint density at radius 2 is 2.11 bits per heavy atom. The topological polar surface area (TPSA) is 60.9 Å². The van der Waals surface area contributed by atoms with Crippen LogP contribution in [0.3, 0.4) is 0 Å². The number of benzene rings is 2. The molecule has 96 valence electrons. The second kappa shape index (κ2) is 4.82. The third-order valence-electron chi connectivity index (χ3n) is 2.80. The summed E-state index contributed by atoms with van der Waals surface area (Å²) in [6.07, 6.45) is 0. The van der Waals surface area contributed by atoms with Crippen LogP contribution >= 0.6 is 11.6 Å². The number of nitrogens with one attached hydrogen (secondary N) is 2. The largest absolute Gasteiger partial charge is 0.508 e. The van der Waals surface area contributed by atoms with Crippen LogP contribution in [0.15, 0.2) is 42.5 Å². The lowest BCUT2D eigenvalue weighted by Crippen LogP contribution is -2.00. The predicted octanol–water partition coefficient (Wildman–Crippen LogP) is 3.53. The second-order valence-electron chi connectivity index (χ2n) is 4.25. The normalized spacial score (nSPS) is 10.8. The Balaban J connectivity index is 1.78. The lowest BCUT2D eigenvalue weighted by molar-refractivity contribution is 0.476. The highest BCUT2D eigenvalue weighted by Crippen LogP contribution is 2.19. The van der Waals surface area contributed by atoms with Crippen molar-refractivity contribution >= 4 is 28.3 Å². The number of hydrogen-bond acceptors (Lipinski definition) is 3. The van der Waals surface area contributed by atoms with E-state index in [4.69, 9.17) is 11.6 Å². The number of H-pyrrole nitrogens is 1. The molecule has 3 N–H and O–H groups in total. The smallest absolute Gasteiger partial charge is 0.126 e. The van der Waals surface area contributed by atoms with Gasteiger partial charge in [-0.1, -0.05) is 17.7 Å². The van der Waals surface area contributed by atoms with Gasteiger partial charge in [-0.15, -0.1) is 0 Å². The number of imidazole rings is 1. The number of aromatic nitrogens is 2.